The fraction of sp³-hybridized carbons (Fsp3) is 0.333. The lowest BCUT2D eigenvalue weighted by Gasteiger charge is -2.18. The van der Waals surface area contributed by atoms with E-state index < -0.39 is 0 Å². The number of benzene rings is 1. The number of aryl methyl sites for hydroxylation is 1. The molecule has 3 heterocycles. The molecule has 0 radical (unpaired) electrons. The topological polar surface area (TPSA) is 77.0 Å². The van der Waals surface area contributed by atoms with Gasteiger partial charge in [0.25, 0.3) is 0 Å². The lowest BCUT2D eigenvalue weighted by atomic mass is 10.1. The summed E-state index contributed by atoms with van der Waals surface area (Å²) in [5.74, 6) is 1.58. The average Bonchev–Trinajstić information content (AvgIpc) is 3.27. The third-order valence-corrected chi connectivity index (χ3v) is 4.14. The number of rotatable bonds is 6. The van der Waals surface area contributed by atoms with Crippen molar-refractivity contribution in [1.29, 1.82) is 0 Å². The summed E-state index contributed by atoms with van der Waals surface area (Å²) in [5.41, 5.74) is 4.34. The number of hydrogen-bond donors (Lipinski definition) is 2. The number of aromatic amines is 1. The van der Waals surface area contributed by atoms with Crippen molar-refractivity contribution < 1.29 is 9.47 Å². The van der Waals surface area contributed by atoms with E-state index in [1.807, 2.05) is 48.4 Å². The zero-order valence-electron chi connectivity index (χ0n) is 14.2. The Morgan fingerprint density at radius 3 is 2.92 bits per heavy atom. The smallest absolute Gasteiger partial charge is 0.162 e. The minimum Gasteiger partial charge on any atom is -0.486 e. The van der Waals surface area contributed by atoms with Crippen molar-refractivity contribution in [3.05, 3.63) is 47.9 Å². The van der Waals surface area contributed by atoms with Gasteiger partial charge in [0.05, 0.1) is 24.6 Å². The molecule has 1 aromatic carbocycles. The molecular formula is C18H21N5O2. The third kappa shape index (κ3) is 3.51. The predicted molar refractivity (Wildman–Crippen MR) is 93.7 cm³/mol. The Balaban J connectivity index is 1.40. The maximum absolute atomic E-state index is 5.67. The van der Waals surface area contributed by atoms with Gasteiger partial charge in [-0.1, -0.05) is 0 Å². The summed E-state index contributed by atoms with van der Waals surface area (Å²) in [6, 6.07) is 5.97. The molecule has 1 aliphatic rings. The summed E-state index contributed by atoms with van der Waals surface area (Å²) in [6.07, 6.45) is 5.77. The van der Waals surface area contributed by atoms with Crippen LogP contribution in [0, 0.1) is 6.92 Å². The lowest BCUT2D eigenvalue weighted by molar-refractivity contribution is 0.171. The first-order valence-electron chi connectivity index (χ1n) is 8.41. The van der Waals surface area contributed by atoms with Crippen LogP contribution in [-0.2, 0) is 13.1 Å². The van der Waals surface area contributed by atoms with Gasteiger partial charge < -0.3 is 14.8 Å². The normalized spacial score (nSPS) is 13.2. The number of aromatic nitrogens is 4. The summed E-state index contributed by atoms with van der Waals surface area (Å²) in [7, 11) is 0. The quantitative estimate of drug-likeness (QED) is 0.673. The summed E-state index contributed by atoms with van der Waals surface area (Å²) < 4.78 is 13.2. The molecule has 4 rings (SSSR count). The number of H-pyrrole nitrogens is 1. The Morgan fingerprint density at radius 1 is 1.20 bits per heavy atom. The van der Waals surface area contributed by atoms with Crippen LogP contribution in [0.15, 0.2) is 36.8 Å². The highest BCUT2D eigenvalue weighted by Crippen LogP contribution is 2.34. The van der Waals surface area contributed by atoms with Crippen molar-refractivity contribution in [1.82, 2.24) is 25.3 Å². The number of nitrogens with zero attached hydrogens (tertiary/aromatic N) is 3. The molecule has 2 aromatic heterocycles. The predicted octanol–water partition coefficient (Wildman–Crippen LogP) is 2.14. The Hall–Kier alpha value is -2.80. The number of fused-ring (bicyclic) bond motifs is 1. The fourth-order valence-electron chi connectivity index (χ4n) is 2.90. The number of nitrogens with one attached hydrogen (secondary N) is 2. The highest BCUT2D eigenvalue weighted by molar-refractivity contribution is 5.66. The molecule has 0 fully saturated rings. The summed E-state index contributed by atoms with van der Waals surface area (Å²) >= 11 is 0. The van der Waals surface area contributed by atoms with Gasteiger partial charge in [0.2, 0.25) is 0 Å². The number of ether oxygens (including phenoxy) is 2. The molecule has 7 nitrogen and oxygen atoms in total. The van der Waals surface area contributed by atoms with Gasteiger partial charge in [0.1, 0.15) is 13.2 Å². The van der Waals surface area contributed by atoms with Crippen LogP contribution in [0.5, 0.6) is 11.5 Å². The number of hydrogen-bond acceptors (Lipinski definition) is 5. The monoisotopic (exact) mass is 339 g/mol. The van der Waals surface area contributed by atoms with Gasteiger partial charge in [-0.05, 0) is 30.7 Å². The van der Waals surface area contributed by atoms with Crippen LogP contribution < -0.4 is 14.8 Å². The van der Waals surface area contributed by atoms with Crippen molar-refractivity contribution in [3.63, 3.8) is 0 Å². The maximum Gasteiger partial charge on any atom is 0.162 e. The molecule has 0 unspecified atom stereocenters. The molecule has 0 saturated heterocycles. The van der Waals surface area contributed by atoms with E-state index in [1.54, 1.807) is 0 Å². The molecule has 0 bridgehead atoms. The molecule has 2 N–H and O–H groups in total. The minimum absolute atomic E-state index is 0.584. The summed E-state index contributed by atoms with van der Waals surface area (Å²) in [6.45, 7) is 5.64. The molecule has 0 amide bonds. The van der Waals surface area contributed by atoms with E-state index in [9.17, 15) is 0 Å². The van der Waals surface area contributed by atoms with E-state index in [0.717, 1.165) is 48.0 Å². The Labute approximate surface area is 146 Å². The fourth-order valence-corrected chi connectivity index (χ4v) is 2.90. The molecule has 0 atom stereocenters. The van der Waals surface area contributed by atoms with Crippen LogP contribution in [0.25, 0.3) is 11.3 Å². The molecule has 0 aliphatic carbocycles. The maximum atomic E-state index is 5.67. The van der Waals surface area contributed by atoms with Crippen molar-refractivity contribution in [2.75, 3.05) is 19.8 Å². The van der Waals surface area contributed by atoms with Gasteiger partial charge in [0.15, 0.2) is 11.5 Å². The van der Waals surface area contributed by atoms with Crippen molar-refractivity contribution in [2.45, 2.75) is 20.0 Å². The first-order chi connectivity index (χ1) is 12.3. The largest absolute Gasteiger partial charge is 0.486 e. The molecule has 0 spiro atoms. The lowest BCUT2D eigenvalue weighted by Crippen LogP contribution is -2.19. The van der Waals surface area contributed by atoms with Crippen LogP contribution in [-0.4, -0.2) is 39.7 Å². The Bertz CT molecular complexity index is 855. The SMILES string of the molecule is Cc1cnn(CCNCc2cn[nH]c2-c2ccc3c(c2)OCCO3)c1. The second-order valence-electron chi connectivity index (χ2n) is 6.09. The van der Waals surface area contributed by atoms with Gasteiger partial charge >= 0.3 is 0 Å². The van der Waals surface area contributed by atoms with Gasteiger partial charge in [-0.3, -0.25) is 9.78 Å². The minimum atomic E-state index is 0.584. The van der Waals surface area contributed by atoms with E-state index >= 15 is 0 Å². The summed E-state index contributed by atoms with van der Waals surface area (Å²) in [4.78, 5) is 0. The van der Waals surface area contributed by atoms with Crippen molar-refractivity contribution in [3.8, 4) is 22.8 Å². The second kappa shape index (κ2) is 6.98. The first kappa shape index (κ1) is 15.7. The zero-order valence-corrected chi connectivity index (χ0v) is 14.2. The second-order valence-corrected chi connectivity index (χ2v) is 6.09. The van der Waals surface area contributed by atoms with Crippen LogP contribution in [0.2, 0.25) is 0 Å². The van der Waals surface area contributed by atoms with Crippen LogP contribution in [0.4, 0.5) is 0 Å². The molecular weight excluding hydrogens is 318 g/mol. The van der Waals surface area contributed by atoms with Crippen LogP contribution in [0.1, 0.15) is 11.1 Å². The zero-order chi connectivity index (χ0) is 17.1. The first-order valence-corrected chi connectivity index (χ1v) is 8.41. The van der Waals surface area contributed by atoms with Gasteiger partial charge in [-0.2, -0.15) is 10.2 Å². The van der Waals surface area contributed by atoms with Gasteiger partial charge in [-0.25, -0.2) is 0 Å². The van der Waals surface area contributed by atoms with E-state index in [-0.39, 0.29) is 0 Å². The van der Waals surface area contributed by atoms with E-state index in [0.29, 0.717) is 13.2 Å². The van der Waals surface area contributed by atoms with Crippen molar-refractivity contribution in [2.24, 2.45) is 0 Å². The average molecular weight is 339 g/mol. The Morgan fingerprint density at radius 2 is 2.08 bits per heavy atom. The molecule has 1 aliphatic heterocycles. The molecule has 7 heteroatoms. The molecule has 3 aromatic rings. The summed E-state index contributed by atoms with van der Waals surface area (Å²) in [5, 5.41) is 15.0. The Kier molecular flexibility index (Phi) is 4.39. The highest BCUT2D eigenvalue weighted by Gasteiger charge is 2.14. The van der Waals surface area contributed by atoms with Crippen molar-refractivity contribution >= 4 is 0 Å². The van der Waals surface area contributed by atoms with E-state index in [1.165, 1.54) is 5.56 Å². The standard InChI is InChI=1S/C18H21N5O2/c1-13-9-21-23(12-13)5-4-19-10-15-11-20-22-18(15)14-2-3-16-17(8-14)25-7-6-24-16/h2-3,8-9,11-12,19H,4-7,10H2,1H3,(H,20,22). The molecule has 130 valence electrons. The van der Waals surface area contributed by atoms with Crippen LogP contribution >= 0.6 is 0 Å². The van der Waals surface area contributed by atoms with E-state index in [2.05, 4.69) is 20.6 Å². The third-order valence-electron chi connectivity index (χ3n) is 4.14. The molecule has 25 heavy (non-hydrogen) atoms. The van der Waals surface area contributed by atoms with Crippen LogP contribution in [0.3, 0.4) is 0 Å². The van der Waals surface area contributed by atoms with Gasteiger partial charge in [-0.15, -0.1) is 0 Å². The van der Waals surface area contributed by atoms with E-state index in [4.69, 9.17) is 9.47 Å². The molecule has 0 saturated carbocycles. The van der Waals surface area contributed by atoms with Gasteiger partial charge in [0, 0.05) is 30.4 Å². The highest BCUT2D eigenvalue weighted by atomic mass is 16.6.